The van der Waals surface area contributed by atoms with Crippen LogP contribution in [-0.2, 0) is 14.4 Å². The van der Waals surface area contributed by atoms with E-state index in [1.807, 2.05) is 43.3 Å². The van der Waals surface area contributed by atoms with E-state index in [0.29, 0.717) is 18.7 Å². The number of carbonyl (C=O) groups is 3. The molecule has 2 aromatic carbocycles. The fraction of sp³-hybridized carbons (Fsp3) is 0.318. The average molecular weight is 394 g/mol. The first-order valence-electron chi connectivity index (χ1n) is 9.66. The molecule has 3 amide bonds. The van der Waals surface area contributed by atoms with Gasteiger partial charge in [-0.25, -0.2) is 0 Å². The molecule has 152 valence electrons. The van der Waals surface area contributed by atoms with Gasteiger partial charge in [0.25, 0.3) is 0 Å². The predicted octanol–water partition coefficient (Wildman–Crippen LogP) is 2.63. The molecule has 0 aromatic heterocycles. The number of hydrogen-bond donors (Lipinski definition) is 2. The van der Waals surface area contributed by atoms with Crippen LogP contribution in [0.1, 0.15) is 18.4 Å². The van der Waals surface area contributed by atoms with Crippen LogP contribution in [0.2, 0.25) is 0 Å². The number of anilines is 3. The van der Waals surface area contributed by atoms with E-state index in [-0.39, 0.29) is 30.8 Å². The van der Waals surface area contributed by atoms with Crippen LogP contribution in [-0.4, -0.2) is 49.3 Å². The Morgan fingerprint density at radius 2 is 1.66 bits per heavy atom. The number of nitrogens with zero attached hydrogens (tertiary/aromatic N) is 2. The topological polar surface area (TPSA) is 81.8 Å². The van der Waals surface area contributed by atoms with Crippen molar-refractivity contribution in [1.29, 1.82) is 0 Å². The second kappa shape index (κ2) is 9.34. The Hall–Kier alpha value is -3.19. The van der Waals surface area contributed by atoms with Crippen molar-refractivity contribution in [3.8, 4) is 0 Å². The summed E-state index contributed by atoms with van der Waals surface area (Å²) in [7, 11) is 1.72. The predicted molar refractivity (Wildman–Crippen MR) is 114 cm³/mol. The number of aryl methyl sites for hydroxylation is 1. The van der Waals surface area contributed by atoms with Crippen LogP contribution in [0.3, 0.4) is 0 Å². The molecule has 0 radical (unpaired) electrons. The number of likely N-dealkylation sites (N-methyl/N-ethyl adjacent to an activating group) is 1. The lowest BCUT2D eigenvalue weighted by Crippen LogP contribution is -2.36. The molecular weight excluding hydrogens is 368 g/mol. The molecule has 3 rings (SSSR count). The molecule has 0 bridgehead atoms. The third-order valence-electron chi connectivity index (χ3n) is 4.68. The van der Waals surface area contributed by atoms with Gasteiger partial charge in [-0.15, -0.1) is 0 Å². The van der Waals surface area contributed by atoms with Gasteiger partial charge in [-0.05, 0) is 50.7 Å². The Morgan fingerprint density at radius 1 is 1.00 bits per heavy atom. The molecule has 7 nitrogen and oxygen atoms in total. The number of hydrogen-bond acceptors (Lipinski definition) is 4. The van der Waals surface area contributed by atoms with Gasteiger partial charge in [0.1, 0.15) is 0 Å². The van der Waals surface area contributed by atoms with Crippen molar-refractivity contribution in [3.63, 3.8) is 0 Å². The maximum absolute atomic E-state index is 12.3. The Balaban J connectivity index is 1.49. The van der Waals surface area contributed by atoms with E-state index < -0.39 is 0 Å². The van der Waals surface area contributed by atoms with Crippen LogP contribution in [0.15, 0.2) is 48.5 Å². The van der Waals surface area contributed by atoms with Gasteiger partial charge in [0.2, 0.25) is 17.7 Å². The minimum Gasteiger partial charge on any atom is -0.325 e. The summed E-state index contributed by atoms with van der Waals surface area (Å²) in [4.78, 5) is 39.8. The highest BCUT2D eigenvalue weighted by atomic mass is 16.2. The monoisotopic (exact) mass is 394 g/mol. The molecular formula is C22H26N4O3. The lowest BCUT2D eigenvalue weighted by Gasteiger charge is -2.18. The average Bonchev–Trinajstić information content (AvgIpc) is 3.09. The molecule has 0 saturated carbocycles. The summed E-state index contributed by atoms with van der Waals surface area (Å²) in [6.45, 7) is 2.86. The Labute approximate surface area is 170 Å². The quantitative estimate of drug-likeness (QED) is 0.756. The number of amides is 3. The zero-order valence-corrected chi connectivity index (χ0v) is 16.8. The number of rotatable bonds is 7. The van der Waals surface area contributed by atoms with Crippen LogP contribution >= 0.6 is 0 Å². The van der Waals surface area contributed by atoms with Crippen molar-refractivity contribution < 1.29 is 14.4 Å². The van der Waals surface area contributed by atoms with E-state index in [2.05, 4.69) is 10.6 Å². The van der Waals surface area contributed by atoms with Crippen molar-refractivity contribution >= 4 is 34.8 Å². The van der Waals surface area contributed by atoms with Crippen molar-refractivity contribution in [2.45, 2.75) is 19.8 Å². The fourth-order valence-electron chi connectivity index (χ4n) is 3.26. The van der Waals surface area contributed by atoms with E-state index in [0.717, 1.165) is 23.4 Å². The van der Waals surface area contributed by atoms with Gasteiger partial charge in [-0.1, -0.05) is 23.8 Å². The van der Waals surface area contributed by atoms with Crippen molar-refractivity contribution in [3.05, 3.63) is 54.1 Å². The maximum atomic E-state index is 12.3. The highest BCUT2D eigenvalue weighted by Gasteiger charge is 2.21. The van der Waals surface area contributed by atoms with E-state index in [1.54, 1.807) is 29.0 Å². The van der Waals surface area contributed by atoms with Crippen molar-refractivity contribution in [1.82, 2.24) is 4.90 Å². The Morgan fingerprint density at radius 3 is 2.28 bits per heavy atom. The Kier molecular flexibility index (Phi) is 6.61. The van der Waals surface area contributed by atoms with Crippen molar-refractivity contribution in [2.24, 2.45) is 0 Å². The van der Waals surface area contributed by atoms with Gasteiger partial charge in [-0.2, -0.15) is 0 Å². The van der Waals surface area contributed by atoms with Crippen LogP contribution in [0, 0.1) is 6.92 Å². The molecule has 1 aliphatic heterocycles. The molecule has 1 fully saturated rings. The van der Waals surface area contributed by atoms with Gasteiger partial charge in [0.05, 0.1) is 13.1 Å². The third kappa shape index (κ3) is 5.89. The minimum atomic E-state index is -0.222. The molecule has 2 N–H and O–H groups in total. The van der Waals surface area contributed by atoms with E-state index in [1.165, 1.54) is 0 Å². The maximum Gasteiger partial charge on any atom is 0.238 e. The Bertz CT molecular complexity index is 895. The fourth-order valence-corrected chi connectivity index (χ4v) is 3.26. The number of benzene rings is 2. The van der Waals surface area contributed by atoms with Crippen LogP contribution in [0.25, 0.3) is 0 Å². The molecule has 29 heavy (non-hydrogen) atoms. The van der Waals surface area contributed by atoms with Gasteiger partial charge >= 0.3 is 0 Å². The first-order chi connectivity index (χ1) is 13.9. The normalized spacial score (nSPS) is 13.6. The standard InChI is InChI=1S/C22H26N4O3/c1-16-8-10-17(11-9-16)23-20(27)14-25(2)15-21(28)24-18-5-3-6-19(13-18)26-12-4-7-22(26)29/h3,5-6,8-11,13H,4,7,12,14-15H2,1-2H3,(H,23,27)(H,24,28). The summed E-state index contributed by atoms with van der Waals surface area (Å²) in [6.07, 6.45) is 1.41. The first kappa shape index (κ1) is 20.5. The largest absolute Gasteiger partial charge is 0.325 e. The highest BCUT2D eigenvalue weighted by molar-refractivity contribution is 5.97. The molecule has 0 unspecified atom stereocenters. The molecule has 1 heterocycles. The van der Waals surface area contributed by atoms with Crippen LogP contribution in [0.5, 0.6) is 0 Å². The molecule has 0 aliphatic carbocycles. The van der Waals surface area contributed by atoms with E-state index in [9.17, 15) is 14.4 Å². The molecule has 2 aromatic rings. The SMILES string of the molecule is Cc1ccc(NC(=O)CN(C)CC(=O)Nc2cccc(N3CCCC3=O)c2)cc1. The lowest BCUT2D eigenvalue weighted by atomic mass is 10.2. The summed E-state index contributed by atoms with van der Waals surface area (Å²) in [5.74, 6) is -0.299. The molecule has 1 saturated heterocycles. The smallest absolute Gasteiger partial charge is 0.238 e. The van der Waals surface area contributed by atoms with Gasteiger partial charge in [0, 0.05) is 30.0 Å². The summed E-state index contributed by atoms with van der Waals surface area (Å²) in [5, 5.41) is 5.65. The second-order valence-corrected chi connectivity index (χ2v) is 7.33. The summed E-state index contributed by atoms with van der Waals surface area (Å²) >= 11 is 0. The summed E-state index contributed by atoms with van der Waals surface area (Å²) < 4.78 is 0. The molecule has 1 aliphatic rings. The molecule has 0 atom stereocenters. The lowest BCUT2D eigenvalue weighted by molar-refractivity contribution is -0.119. The first-order valence-corrected chi connectivity index (χ1v) is 9.66. The van der Waals surface area contributed by atoms with Gasteiger partial charge in [-0.3, -0.25) is 19.3 Å². The summed E-state index contributed by atoms with van der Waals surface area (Å²) in [6, 6.07) is 14.8. The van der Waals surface area contributed by atoms with E-state index >= 15 is 0 Å². The van der Waals surface area contributed by atoms with Gasteiger partial charge < -0.3 is 15.5 Å². The van der Waals surface area contributed by atoms with E-state index in [4.69, 9.17) is 0 Å². The molecule has 7 heteroatoms. The highest BCUT2D eigenvalue weighted by Crippen LogP contribution is 2.24. The third-order valence-corrected chi connectivity index (χ3v) is 4.68. The number of nitrogens with one attached hydrogen (secondary N) is 2. The minimum absolute atomic E-state index is 0.0776. The van der Waals surface area contributed by atoms with Gasteiger partial charge in [0.15, 0.2) is 0 Å². The summed E-state index contributed by atoms with van der Waals surface area (Å²) in [5.41, 5.74) is 3.27. The zero-order chi connectivity index (χ0) is 20.8. The second-order valence-electron chi connectivity index (χ2n) is 7.33. The molecule has 0 spiro atoms. The number of carbonyl (C=O) groups excluding carboxylic acids is 3. The zero-order valence-electron chi connectivity index (χ0n) is 16.8. The van der Waals surface area contributed by atoms with Crippen LogP contribution in [0.4, 0.5) is 17.1 Å². The van der Waals surface area contributed by atoms with Crippen molar-refractivity contribution in [2.75, 3.05) is 42.2 Å². The van der Waals surface area contributed by atoms with Crippen LogP contribution < -0.4 is 15.5 Å².